The summed E-state index contributed by atoms with van der Waals surface area (Å²) in [4.78, 5) is 11.9. The number of aldehydes is 1. The van der Waals surface area contributed by atoms with E-state index in [9.17, 15) is 4.79 Å². The van der Waals surface area contributed by atoms with Gasteiger partial charge < -0.3 is 0 Å². The SMILES string of the molecule is O=C/C=C(\c1ccccc1)[P+](c1ccccc1)(c1ccccc1)c1ccccc1. The Morgan fingerprint density at radius 3 is 1.21 bits per heavy atom. The second-order valence-corrected chi connectivity index (χ2v) is 10.1. The molecule has 4 rings (SSSR count). The molecule has 0 radical (unpaired) electrons. The maximum Gasteiger partial charge on any atom is 0.146 e. The van der Waals surface area contributed by atoms with Crippen LogP contribution in [0.4, 0.5) is 0 Å². The van der Waals surface area contributed by atoms with Gasteiger partial charge in [-0.05, 0) is 36.4 Å². The van der Waals surface area contributed by atoms with E-state index in [1.807, 2.05) is 36.4 Å². The fraction of sp³-hybridized carbons (Fsp3) is 0. The second-order valence-electron chi connectivity index (χ2n) is 6.73. The lowest BCUT2D eigenvalue weighted by Gasteiger charge is -2.29. The smallest absolute Gasteiger partial charge is 0.146 e. The fourth-order valence-corrected chi connectivity index (χ4v) is 8.30. The highest BCUT2D eigenvalue weighted by atomic mass is 31.2. The number of carbonyl (C=O) groups excluding carboxylic acids is 1. The summed E-state index contributed by atoms with van der Waals surface area (Å²) < 4.78 is 0. The third kappa shape index (κ3) is 3.58. The first-order valence-electron chi connectivity index (χ1n) is 9.64. The quantitative estimate of drug-likeness (QED) is 0.249. The van der Waals surface area contributed by atoms with Gasteiger partial charge in [-0.2, -0.15) is 0 Å². The minimum absolute atomic E-state index is 0.923. The Bertz CT molecular complexity index is 992. The van der Waals surface area contributed by atoms with E-state index in [1.54, 1.807) is 6.08 Å². The summed E-state index contributed by atoms with van der Waals surface area (Å²) in [6.45, 7) is 0. The van der Waals surface area contributed by atoms with Crippen LogP contribution in [0.5, 0.6) is 0 Å². The van der Waals surface area contributed by atoms with E-state index in [4.69, 9.17) is 0 Å². The van der Waals surface area contributed by atoms with E-state index in [0.29, 0.717) is 0 Å². The number of hydrogen-bond donors (Lipinski definition) is 0. The molecule has 1 nitrogen and oxygen atoms in total. The molecule has 0 aliphatic carbocycles. The van der Waals surface area contributed by atoms with Gasteiger partial charge in [0.1, 0.15) is 34.8 Å². The van der Waals surface area contributed by atoms with Crippen LogP contribution in [0.25, 0.3) is 5.31 Å². The zero-order valence-electron chi connectivity index (χ0n) is 16.1. The Labute approximate surface area is 172 Å². The summed E-state index contributed by atoms with van der Waals surface area (Å²) in [7, 11) is -2.27. The van der Waals surface area contributed by atoms with Crippen molar-refractivity contribution in [2.45, 2.75) is 0 Å². The van der Waals surface area contributed by atoms with E-state index in [0.717, 1.165) is 17.2 Å². The Morgan fingerprint density at radius 2 is 0.862 bits per heavy atom. The largest absolute Gasteiger partial charge is 0.298 e. The minimum atomic E-state index is -2.27. The lowest BCUT2D eigenvalue weighted by molar-refractivity contribution is -0.104. The van der Waals surface area contributed by atoms with Crippen LogP contribution in [0.1, 0.15) is 5.56 Å². The summed E-state index contributed by atoms with van der Waals surface area (Å²) in [6, 6.07) is 42.0. The molecule has 0 unspecified atom stereocenters. The molecule has 0 N–H and O–H groups in total. The van der Waals surface area contributed by atoms with E-state index >= 15 is 0 Å². The minimum Gasteiger partial charge on any atom is -0.298 e. The van der Waals surface area contributed by atoms with Crippen molar-refractivity contribution in [2.75, 3.05) is 0 Å². The van der Waals surface area contributed by atoms with Crippen molar-refractivity contribution in [3.8, 4) is 0 Å². The second kappa shape index (κ2) is 8.82. The molecule has 0 aromatic heterocycles. The maximum atomic E-state index is 11.9. The fourth-order valence-electron chi connectivity index (χ4n) is 3.89. The molecule has 0 amide bonds. The first-order valence-corrected chi connectivity index (χ1v) is 11.4. The molecule has 140 valence electrons. The van der Waals surface area contributed by atoms with E-state index in [2.05, 4.69) is 84.9 Å². The molecule has 0 heterocycles. The van der Waals surface area contributed by atoms with Crippen molar-refractivity contribution >= 4 is 34.8 Å². The molecular formula is C27H22OP+. The van der Waals surface area contributed by atoms with Crippen molar-refractivity contribution < 1.29 is 4.79 Å². The van der Waals surface area contributed by atoms with Crippen LogP contribution in [0, 0.1) is 0 Å². The van der Waals surface area contributed by atoms with Crippen LogP contribution < -0.4 is 15.9 Å². The van der Waals surface area contributed by atoms with Gasteiger partial charge in [-0.25, -0.2) is 0 Å². The highest BCUT2D eigenvalue weighted by Crippen LogP contribution is 2.66. The third-order valence-corrected chi connectivity index (χ3v) is 9.44. The molecule has 0 aliphatic heterocycles. The van der Waals surface area contributed by atoms with Crippen LogP contribution in [0.2, 0.25) is 0 Å². The molecule has 0 saturated carbocycles. The highest BCUT2D eigenvalue weighted by Gasteiger charge is 2.49. The van der Waals surface area contributed by atoms with Gasteiger partial charge in [-0.1, -0.05) is 84.9 Å². The Hall–Kier alpha value is -3.28. The predicted octanol–water partition coefficient (Wildman–Crippen LogP) is 5.22. The highest BCUT2D eigenvalue weighted by molar-refractivity contribution is 8.03. The molecule has 0 bridgehead atoms. The molecular weight excluding hydrogens is 371 g/mol. The maximum absolute atomic E-state index is 11.9. The van der Waals surface area contributed by atoms with Gasteiger partial charge in [0.2, 0.25) is 0 Å². The van der Waals surface area contributed by atoms with Gasteiger partial charge in [-0.3, -0.25) is 4.79 Å². The van der Waals surface area contributed by atoms with Crippen LogP contribution in [0.15, 0.2) is 127 Å². The number of rotatable bonds is 6. The first-order chi connectivity index (χ1) is 14.4. The summed E-state index contributed by atoms with van der Waals surface area (Å²) in [5, 5.41) is 4.76. The van der Waals surface area contributed by atoms with Gasteiger partial charge in [0, 0.05) is 11.6 Å². The van der Waals surface area contributed by atoms with Crippen LogP contribution >= 0.6 is 7.26 Å². The lowest BCUT2D eigenvalue weighted by Crippen LogP contribution is -2.32. The lowest BCUT2D eigenvalue weighted by atomic mass is 10.2. The molecule has 4 aromatic carbocycles. The van der Waals surface area contributed by atoms with Gasteiger partial charge in [-0.15, -0.1) is 0 Å². The Balaban J connectivity index is 2.16. The van der Waals surface area contributed by atoms with Crippen molar-refractivity contribution in [2.24, 2.45) is 0 Å². The zero-order valence-corrected chi connectivity index (χ0v) is 17.0. The van der Waals surface area contributed by atoms with E-state index in [1.165, 1.54) is 15.9 Å². The van der Waals surface area contributed by atoms with Crippen molar-refractivity contribution in [1.82, 2.24) is 0 Å². The summed E-state index contributed by atoms with van der Waals surface area (Å²) in [5.41, 5.74) is 1.07. The number of allylic oxidation sites excluding steroid dienone is 1. The van der Waals surface area contributed by atoms with Gasteiger partial charge in [0.15, 0.2) is 0 Å². The predicted molar refractivity (Wildman–Crippen MR) is 126 cm³/mol. The molecule has 0 saturated heterocycles. The average molecular weight is 393 g/mol. The normalized spacial score (nSPS) is 11.8. The van der Waals surface area contributed by atoms with Crippen molar-refractivity contribution in [3.05, 3.63) is 133 Å². The standard InChI is InChI=1S/C27H22OP/c28-22-21-27(23-13-5-1-6-14-23)29(24-15-7-2-8-16-24,25-17-9-3-10-18-25)26-19-11-4-12-20-26/h1-22H/q+1/b27-21+. The number of carbonyl (C=O) groups is 1. The summed E-state index contributed by atoms with van der Waals surface area (Å²) >= 11 is 0. The molecule has 0 aliphatic rings. The molecule has 2 heteroatoms. The Morgan fingerprint density at radius 1 is 0.517 bits per heavy atom. The van der Waals surface area contributed by atoms with Crippen LogP contribution in [-0.2, 0) is 4.79 Å². The molecule has 0 fully saturated rings. The molecule has 0 atom stereocenters. The van der Waals surface area contributed by atoms with E-state index in [-0.39, 0.29) is 0 Å². The topological polar surface area (TPSA) is 17.1 Å². The van der Waals surface area contributed by atoms with Gasteiger partial charge >= 0.3 is 0 Å². The zero-order chi connectivity index (χ0) is 19.9. The first kappa shape index (κ1) is 19.1. The van der Waals surface area contributed by atoms with Gasteiger partial charge in [0.25, 0.3) is 0 Å². The Kier molecular flexibility index (Phi) is 5.79. The monoisotopic (exact) mass is 393 g/mol. The van der Waals surface area contributed by atoms with Crippen LogP contribution in [0.3, 0.4) is 0 Å². The van der Waals surface area contributed by atoms with Crippen LogP contribution in [-0.4, -0.2) is 6.29 Å². The molecule has 0 spiro atoms. The number of hydrogen-bond acceptors (Lipinski definition) is 1. The molecule has 4 aromatic rings. The van der Waals surface area contributed by atoms with Crippen molar-refractivity contribution in [1.29, 1.82) is 0 Å². The average Bonchev–Trinajstić information content (AvgIpc) is 2.82. The third-order valence-electron chi connectivity index (χ3n) is 5.09. The molecule has 29 heavy (non-hydrogen) atoms. The van der Waals surface area contributed by atoms with Crippen molar-refractivity contribution in [3.63, 3.8) is 0 Å². The van der Waals surface area contributed by atoms with Gasteiger partial charge in [0.05, 0.1) is 0 Å². The summed E-state index contributed by atoms with van der Waals surface area (Å²) in [5.74, 6) is 0. The number of benzene rings is 4. The van der Waals surface area contributed by atoms with E-state index < -0.39 is 7.26 Å². The summed E-state index contributed by atoms with van der Waals surface area (Å²) in [6.07, 6.45) is 2.68.